The van der Waals surface area contributed by atoms with Crippen molar-refractivity contribution in [3.63, 3.8) is 0 Å². The van der Waals surface area contributed by atoms with Crippen LogP contribution >= 0.6 is 0 Å². The van der Waals surface area contributed by atoms with Gasteiger partial charge in [-0.05, 0) is 25.1 Å². The van der Waals surface area contributed by atoms with Crippen LogP contribution in [0.3, 0.4) is 0 Å². The Bertz CT molecular complexity index is 878. The summed E-state index contributed by atoms with van der Waals surface area (Å²) in [5, 5.41) is 11.2. The molecule has 0 N–H and O–H groups in total. The summed E-state index contributed by atoms with van der Waals surface area (Å²) in [5.74, 6) is -0.190. The van der Waals surface area contributed by atoms with Gasteiger partial charge in [-0.1, -0.05) is 12.1 Å². The molecule has 1 heterocycles. The second-order valence-electron chi connectivity index (χ2n) is 5.86. The lowest BCUT2D eigenvalue weighted by Gasteiger charge is -2.26. The van der Waals surface area contributed by atoms with Crippen LogP contribution in [0.15, 0.2) is 42.5 Å². The van der Waals surface area contributed by atoms with Crippen molar-refractivity contribution in [2.45, 2.75) is 13.3 Å². The van der Waals surface area contributed by atoms with Gasteiger partial charge in [-0.25, -0.2) is 0 Å². The van der Waals surface area contributed by atoms with E-state index in [9.17, 15) is 19.7 Å². The number of nitro groups is 1. The maximum Gasteiger partial charge on any atom is 0.271 e. The molecule has 128 valence electrons. The Morgan fingerprint density at radius 3 is 2.52 bits per heavy atom. The predicted octanol–water partition coefficient (Wildman–Crippen LogP) is 3.30. The Labute approximate surface area is 144 Å². The third-order valence-electron chi connectivity index (χ3n) is 4.32. The summed E-state index contributed by atoms with van der Waals surface area (Å²) in [6.45, 7) is 1.81. The first-order valence-corrected chi connectivity index (χ1v) is 7.82. The quantitative estimate of drug-likeness (QED) is 0.487. The van der Waals surface area contributed by atoms with Gasteiger partial charge in [-0.3, -0.25) is 19.7 Å². The molecule has 1 aliphatic heterocycles. The number of fused-ring (bicyclic) bond motifs is 1. The summed E-state index contributed by atoms with van der Waals surface area (Å²) in [7, 11) is 1.65. The Morgan fingerprint density at radius 1 is 1.12 bits per heavy atom. The van der Waals surface area contributed by atoms with Crippen LogP contribution in [0.5, 0.6) is 0 Å². The fourth-order valence-corrected chi connectivity index (χ4v) is 3.01. The van der Waals surface area contributed by atoms with Crippen LogP contribution in [-0.2, 0) is 4.79 Å². The van der Waals surface area contributed by atoms with Gasteiger partial charge in [0.15, 0.2) is 5.78 Å². The normalized spacial score (nSPS) is 14.1. The number of hydrogen-bond donors (Lipinski definition) is 0. The van der Waals surface area contributed by atoms with Gasteiger partial charge in [0.05, 0.1) is 22.0 Å². The summed E-state index contributed by atoms with van der Waals surface area (Å²) in [6.07, 6.45) is 0.241. The molecule has 1 amide bonds. The molecule has 1 aliphatic rings. The molecular formula is C18H17N3O4. The molecule has 0 aromatic heterocycles. The molecule has 0 bridgehead atoms. The minimum atomic E-state index is -0.470. The van der Waals surface area contributed by atoms with E-state index in [1.54, 1.807) is 42.3 Å². The molecule has 0 unspecified atom stereocenters. The Kier molecular flexibility index (Phi) is 4.22. The van der Waals surface area contributed by atoms with Crippen molar-refractivity contribution in [3.8, 4) is 0 Å². The average molecular weight is 339 g/mol. The molecule has 0 spiro atoms. The minimum Gasteiger partial charge on any atom is -0.338 e. The second kappa shape index (κ2) is 6.35. The van der Waals surface area contributed by atoms with Gasteiger partial charge in [0.1, 0.15) is 0 Å². The number of carbonyl (C=O) groups excluding carboxylic acids is 2. The number of anilines is 3. The van der Waals surface area contributed by atoms with Crippen molar-refractivity contribution in [2.75, 3.05) is 23.4 Å². The molecule has 0 radical (unpaired) electrons. The topological polar surface area (TPSA) is 83.8 Å². The zero-order valence-corrected chi connectivity index (χ0v) is 13.9. The Hall–Kier alpha value is -3.22. The van der Waals surface area contributed by atoms with E-state index < -0.39 is 4.92 Å². The number of non-ortho nitro benzene ring substituents is 1. The highest BCUT2D eigenvalue weighted by Crippen LogP contribution is 2.40. The van der Waals surface area contributed by atoms with Crippen molar-refractivity contribution in [1.29, 1.82) is 0 Å². The molecule has 2 aromatic carbocycles. The van der Waals surface area contributed by atoms with E-state index in [1.807, 2.05) is 0 Å². The minimum absolute atomic E-state index is 0.0631. The van der Waals surface area contributed by atoms with Crippen molar-refractivity contribution in [2.24, 2.45) is 0 Å². The standard InChI is InChI=1S/C18H17N3O4/c1-12(22)14-5-3-4-6-15(14)20-10-9-18(23)19(2)16-8-7-13(21(24)25)11-17(16)20/h3-8,11H,9-10H2,1-2H3. The van der Waals surface area contributed by atoms with Gasteiger partial charge in [0, 0.05) is 37.7 Å². The van der Waals surface area contributed by atoms with Crippen molar-refractivity contribution in [1.82, 2.24) is 0 Å². The second-order valence-corrected chi connectivity index (χ2v) is 5.86. The van der Waals surface area contributed by atoms with E-state index in [0.717, 1.165) is 0 Å². The van der Waals surface area contributed by atoms with Crippen LogP contribution < -0.4 is 9.80 Å². The van der Waals surface area contributed by atoms with Gasteiger partial charge < -0.3 is 9.80 Å². The zero-order chi connectivity index (χ0) is 18.1. The lowest BCUT2D eigenvalue weighted by Crippen LogP contribution is -2.25. The van der Waals surface area contributed by atoms with Crippen molar-refractivity contribution in [3.05, 3.63) is 58.1 Å². The zero-order valence-electron chi connectivity index (χ0n) is 13.9. The maximum atomic E-state index is 12.3. The largest absolute Gasteiger partial charge is 0.338 e. The van der Waals surface area contributed by atoms with Gasteiger partial charge in [-0.2, -0.15) is 0 Å². The Balaban J connectivity index is 2.24. The maximum absolute atomic E-state index is 12.3. The summed E-state index contributed by atoms with van der Waals surface area (Å²) in [6, 6.07) is 11.5. The molecule has 7 nitrogen and oxygen atoms in total. The lowest BCUT2D eigenvalue weighted by atomic mass is 10.1. The SMILES string of the molecule is CC(=O)c1ccccc1N1CCC(=O)N(C)c2ccc([N+](=O)[O-])cc21. The highest BCUT2D eigenvalue weighted by atomic mass is 16.6. The molecule has 7 heteroatoms. The number of hydrogen-bond acceptors (Lipinski definition) is 5. The first-order valence-electron chi connectivity index (χ1n) is 7.82. The third-order valence-corrected chi connectivity index (χ3v) is 4.32. The fraction of sp³-hybridized carbons (Fsp3) is 0.222. The van der Waals surface area contributed by atoms with Crippen LogP contribution in [0.4, 0.5) is 22.7 Å². The number of carbonyl (C=O) groups is 2. The summed E-state index contributed by atoms with van der Waals surface area (Å²) in [5.41, 5.74) is 2.20. The number of rotatable bonds is 3. The molecule has 2 aromatic rings. The molecule has 0 aliphatic carbocycles. The smallest absolute Gasteiger partial charge is 0.271 e. The molecular weight excluding hydrogens is 322 g/mol. The number of nitro benzene ring substituents is 1. The average Bonchev–Trinajstić information content (AvgIpc) is 2.72. The van der Waals surface area contributed by atoms with E-state index in [0.29, 0.717) is 29.2 Å². The van der Waals surface area contributed by atoms with Crippen molar-refractivity contribution < 1.29 is 14.5 Å². The van der Waals surface area contributed by atoms with Gasteiger partial charge >= 0.3 is 0 Å². The number of amides is 1. The highest BCUT2D eigenvalue weighted by Gasteiger charge is 2.28. The summed E-state index contributed by atoms with van der Waals surface area (Å²) in [4.78, 5) is 38.3. The predicted molar refractivity (Wildman–Crippen MR) is 94.6 cm³/mol. The highest BCUT2D eigenvalue weighted by molar-refractivity contribution is 6.04. The lowest BCUT2D eigenvalue weighted by molar-refractivity contribution is -0.384. The molecule has 0 saturated carbocycles. The van der Waals surface area contributed by atoms with Crippen LogP contribution in [0.1, 0.15) is 23.7 Å². The number of Topliss-reactive ketones (excluding diaryl/α,β-unsaturated/α-hetero) is 1. The molecule has 25 heavy (non-hydrogen) atoms. The van der Waals surface area contributed by atoms with Gasteiger partial charge in [0.2, 0.25) is 5.91 Å². The van der Waals surface area contributed by atoms with E-state index >= 15 is 0 Å². The van der Waals surface area contributed by atoms with E-state index in [-0.39, 0.29) is 23.8 Å². The van der Waals surface area contributed by atoms with Crippen LogP contribution in [0, 0.1) is 10.1 Å². The third kappa shape index (κ3) is 2.96. The number of nitrogens with zero attached hydrogens (tertiary/aromatic N) is 3. The molecule has 0 fully saturated rings. The first-order chi connectivity index (χ1) is 11.9. The van der Waals surface area contributed by atoms with E-state index in [4.69, 9.17) is 0 Å². The van der Waals surface area contributed by atoms with Gasteiger partial charge in [0.25, 0.3) is 5.69 Å². The van der Waals surface area contributed by atoms with E-state index in [2.05, 4.69) is 0 Å². The van der Waals surface area contributed by atoms with Gasteiger partial charge in [-0.15, -0.1) is 0 Å². The molecule has 0 atom stereocenters. The fourth-order valence-electron chi connectivity index (χ4n) is 3.01. The molecule has 0 saturated heterocycles. The van der Waals surface area contributed by atoms with Crippen molar-refractivity contribution >= 4 is 34.4 Å². The monoisotopic (exact) mass is 339 g/mol. The summed E-state index contributed by atoms with van der Waals surface area (Å²) >= 11 is 0. The Morgan fingerprint density at radius 2 is 1.84 bits per heavy atom. The van der Waals surface area contributed by atoms with Crippen LogP contribution in [0.25, 0.3) is 0 Å². The van der Waals surface area contributed by atoms with Crippen LogP contribution in [-0.4, -0.2) is 30.2 Å². The number of benzene rings is 2. The number of ketones is 1. The molecule has 3 rings (SSSR count). The summed E-state index contributed by atoms with van der Waals surface area (Å²) < 4.78 is 0. The first kappa shape index (κ1) is 16.6. The van der Waals surface area contributed by atoms with Crippen LogP contribution in [0.2, 0.25) is 0 Å². The number of para-hydroxylation sites is 1. The van der Waals surface area contributed by atoms with E-state index in [1.165, 1.54) is 24.0 Å².